The van der Waals surface area contributed by atoms with Gasteiger partial charge >= 0.3 is 0 Å². The van der Waals surface area contributed by atoms with Gasteiger partial charge in [0.25, 0.3) is 0 Å². The lowest BCUT2D eigenvalue weighted by Gasteiger charge is -2.57. The Morgan fingerprint density at radius 3 is 2.50 bits per heavy atom. The van der Waals surface area contributed by atoms with Gasteiger partial charge in [0.1, 0.15) is 12.1 Å². The standard InChI is InChI=1S/C21H28O3/c1-19(2)11-21(12-22)13(10-18(19)24)4-5-14-15-6-7-17(23)20(15,3)9-8-16(14)21/h10,12,14-16H,4-9,11H2,1-3H3/t14-,15-,16-,20-,21+/m0/s1. The van der Waals surface area contributed by atoms with Gasteiger partial charge in [-0.15, -0.1) is 0 Å². The molecule has 0 bridgehead atoms. The number of carbonyl (C=O) groups excluding carboxylic acids is 3. The molecule has 0 unspecified atom stereocenters. The number of fused-ring (bicyclic) bond motifs is 5. The van der Waals surface area contributed by atoms with Crippen molar-refractivity contribution < 1.29 is 14.4 Å². The van der Waals surface area contributed by atoms with E-state index >= 15 is 0 Å². The molecule has 0 saturated heterocycles. The summed E-state index contributed by atoms with van der Waals surface area (Å²) in [5.74, 6) is 1.81. The molecule has 0 aromatic rings. The molecular formula is C21H28O3. The van der Waals surface area contributed by atoms with Gasteiger partial charge in [-0.2, -0.15) is 0 Å². The zero-order valence-corrected chi connectivity index (χ0v) is 15.1. The maximum atomic E-state index is 12.5. The van der Waals surface area contributed by atoms with Gasteiger partial charge in [-0.1, -0.05) is 26.3 Å². The Labute approximate surface area is 144 Å². The zero-order chi connectivity index (χ0) is 17.3. The van der Waals surface area contributed by atoms with Crippen molar-refractivity contribution in [3.63, 3.8) is 0 Å². The molecule has 0 heterocycles. The minimum atomic E-state index is -0.465. The van der Waals surface area contributed by atoms with E-state index in [0.29, 0.717) is 36.4 Å². The minimum Gasteiger partial charge on any atom is -0.302 e. The van der Waals surface area contributed by atoms with E-state index in [1.165, 1.54) is 6.29 Å². The monoisotopic (exact) mass is 328 g/mol. The quantitative estimate of drug-likeness (QED) is 0.686. The second-order valence-corrected chi connectivity index (χ2v) is 9.59. The van der Waals surface area contributed by atoms with Crippen molar-refractivity contribution in [2.24, 2.45) is 34.0 Å². The van der Waals surface area contributed by atoms with E-state index in [2.05, 4.69) is 6.92 Å². The van der Waals surface area contributed by atoms with Crippen molar-refractivity contribution >= 4 is 17.9 Å². The predicted octanol–water partition coefficient (Wildman–Crippen LogP) is 3.90. The Bertz CT molecular complexity index is 658. The lowest BCUT2D eigenvalue weighted by molar-refractivity contribution is -0.139. The lowest BCUT2D eigenvalue weighted by Crippen LogP contribution is -2.54. The Morgan fingerprint density at radius 1 is 1.04 bits per heavy atom. The van der Waals surface area contributed by atoms with E-state index in [-0.39, 0.29) is 11.2 Å². The number of Topliss-reactive ketones (excluding diaryl/α,β-unsaturated/α-hetero) is 1. The van der Waals surface area contributed by atoms with Crippen LogP contribution in [0.3, 0.4) is 0 Å². The van der Waals surface area contributed by atoms with Gasteiger partial charge in [-0.05, 0) is 62.4 Å². The molecule has 5 atom stereocenters. The molecule has 24 heavy (non-hydrogen) atoms. The summed E-state index contributed by atoms with van der Waals surface area (Å²) in [5.41, 5.74) is -0.00539. The van der Waals surface area contributed by atoms with Crippen LogP contribution in [0, 0.1) is 34.0 Å². The predicted molar refractivity (Wildman–Crippen MR) is 91.3 cm³/mol. The maximum Gasteiger partial charge on any atom is 0.161 e. The van der Waals surface area contributed by atoms with Crippen molar-refractivity contribution in [1.82, 2.24) is 0 Å². The van der Waals surface area contributed by atoms with Gasteiger partial charge in [0.05, 0.1) is 5.41 Å². The lowest BCUT2D eigenvalue weighted by atomic mass is 9.45. The third kappa shape index (κ3) is 1.87. The van der Waals surface area contributed by atoms with Crippen LogP contribution in [0.5, 0.6) is 0 Å². The highest BCUT2D eigenvalue weighted by Crippen LogP contribution is 2.65. The summed E-state index contributed by atoms with van der Waals surface area (Å²) in [6, 6.07) is 0. The van der Waals surface area contributed by atoms with Crippen LogP contribution in [0.15, 0.2) is 11.6 Å². The maximum absolute atomic E-state index is 12.5. The summed E-state index contributed by atoms with van der Waals surface area (Å²) in [7, 11) is 0. The van der Waals surface area contributed by atoms with Gasteiger partial charge in [0.2, 0.25) is 0 Å². The molecule has 0 aliphatic heterocycles. The molecule has 3 saturated carbocycles. The highest BCUT2D eigenvalue weighted by molar-refractivity contribution is 5.98. The minimum absolute atomic E-state index is 0.160. The fourth-order valence-corrected chi connectivity index (χ4v) is 6.72. The summed E-state index contributed by atoms with van der Waals surface area (Å²) in [6.45, 7) is 6.11. The first-order valence-corrected chi connectivity index (χ1v) is 9.50. The van der Waals surface area contributed by atoms with Crippen LogP contribution in [0.25, 0.3) is 0 Å². The summed E-state index contributed by atoms with van der Waals surface area (Å²) >= 11 is 0. The Balaban J connectivity index is 1.77. The zero-order valence-electron chi connectivity index (χ0n) is 15.1. The SMILES string of the molecule is CC1(C)C[C@@]2(C=O)C(=CC1=O)CC[C@@H]1[C@@H]2CC[C@]2(C)C(=O)CC[C@@H]12. The first kappa shape index (κ1) is 16.2. The van der Waals surface area contributed by atoms with Crippen LogP contribution >= 0.6 is 0 Å². The summed E-state index contributed by atoms with van der Waals surface area (Å²) in [5, 5.41) is 0. The van der Waals surface area contributed by atoms with E-state index < -0.39 is 10.8 Å². The normalized spacial score (nSPS) is 46.6. The topological polar surface area (TPSA) is 51.2 Å². The molecule has 4 aliphatic rings. The van der Waals surface area contributed by atoms with Crippen LogP contribution in [-0.4, -0.2) is 17.9 Å². The van der Waals surface area contributed by atoms with E-state index in [4.69, 9.17) is 0 Å². The van der Waals surface area contributed by atoms with E-state index in [1.54, 1.807) is 6.08 Å². The Kier molecular flexibility index (Phi) is 3.31. The fourth-order valence-electron chi connectivity index (χ4n) is 6.72. The van der Waals surface area contributed by atoms with E-state index in [1.807, 2.05) is 13.8 Å². The summed E-state index contributed by atoms with van der Waals surface area (Å²) < 4.78 is 0. The largest absolute Gasteiger partial charge is 0.302 e. The van der Waals surface area contributed by atoms with Gasteiger partial charge in [-0.25, -0.2) is 0 Å². The number of carbonyl (C=O) groups is 3. The molecule has 0 aromatic carbocycles. The van der Waals surface area contributed by atoms with Crippen LogP contribution in [0.1, 0.15) is 65.7 Å². The van der Waals surface area contributed by atoms with Gasteiger partial charge in [0, 0.05) is 17.3 Å². The average Bonchev–Trinajstić information content (AvgIpc) is 2.84. The number of hydrogen-bond donors (Lipinski definition) is 0. The number of hydrogen-bond acceptors (Lipinski definition) is 3. The van der Waals surface area contributed by atoms with Crippen LogP contribution in [0.4, 0.5) is 0 Å². The summed E-state index contributed by atoms with van der Waals surface area (Å²) in [4.78, 5) is 37.3. The smallest absolute Gasteiger partial charge is 0.161 e. The van der Waals surface area contributed by atoms with E-state index in [9.17, 15) is 14.4 Å². The fraction of sp³-hybridized carbons (Fsp3) is 0.762. The molecule has 3 fully saturated rings. The second kappa shape index (κ2) is 4.89. The van der Waals surface area contributed by atoms with Crippen LogP contribution < -0.4 is 0 Å². The van der Waals surface area contributed by atoms with E-state index in [0.717, 1.165) is 37.7 Å². The van der Waals surface area contributed by atoms with Crippen LogP contribution in [0.2, 0.25) is 0 Å². The molecule has 4 aliphatic carbocycles. The third-order valence-electron chi connectivity index (χ3n) is 8.07. The molecule has 0 spiro atoms. The molecule has 0 N–H and O–H groups in total. The molecule has 3 heteroatoms. The van der Waals surface area contributed by atoms with Gasteiger partial charge in [-0.3, -0.25) is 9.59 Å². The first-order valence-electron chi connectivity index (χ1n) is 9.50. The molecule has 3 nitrogen and oxygen atoms in total. The van der Waals surface area contributed by atoms with Gasteiger partial charge < -0.3 is 4.79 Å². The molecular weight excluding hydrogens is 300 g/mol. The number of ketones is 2. The molecule has 4 rings (SSSR count). The molecule has 0 aromatic heterocycles. The highest BCUT2D eigenvalue weighted by atomic mass is 16.1. The van der Waals surface area contributed by atoms with Crippen molar-refractivity contribution in [2.45, 2.75) is 65.7 Å². The average molecular weight is 328 g/mol. The number of rotatable bonds is 1. The Hall–Kier alpha value is -1.25. The van der Waals surface area contributed by atoms with Crippen molar-refractivity contribution in [1.29, 1.82) is 0 Å². The second-order valence-electron chi connectivity index (χ2n) is 9.59. The van der Waals surface area contributed by atoms with Crippen molar-refractivity contribution in [3.8, 4) is 0 Å². The van der Waals surface area contributed by atoms with Crippen LogP contribution in [-0.2, 0) is 14.4 Å². The first-order chi connectivity index (χ1) is 11.2. The molecule has 130 valence electrons. The highest BCUT2D eigenvalue weighted by Gasteiger charge is 2.61. The number of aldehydes is 1. The molecule has 0 amide bonds. The third-order valence-corrected chi connectivity index (χ3v) is 8.07. The van der Waals surface area contributed by atoms with Gasteiger partial charge in [0.15, 0.2) is 5.78 Å². The number of allylic oxidation sites excluding steroid dienone is 1. The molecule has 0 radical (unpaired) electrons. The van der Waals surface area contributed by atoms with Crippen molar-refractivity contribution in [3.05, 3.63) is 11.6 Å². The Morgan fingerprint density at radius 2 is 1.79 bits per heavy atom. The van der Waals surface area contributed by atoms with Crippen molar-refractivity contribution in [2.75, 3.05) is 0 Å². The summed E-state index contributed by atoms with van der Waals surface area (Å²) in [6.07, 6.45) is 9.06.